The van der Waals surface area contributed by atoms with Gasteiger partial charge in [0.1, 0.15) is 11.5 Å². The van der Waals surface area contributed by atoms with E-state index >= 15 is 0 Å². The second-order valence-corrected chi connectivity index (χ2v) is 5.66. The molecule has 24 heavy (non-hydrogen) atoms. The van der Waals surface area contributed by atoms with E-state index in [1.165, 1.54) is 31.4 Å². The molecule has 0 bridgehead atoms. The number of phenolic OH excluding ortho intramolecular Hbond substituents is 3. The molecule has 7 nitrogen and oxygen atoms in total. The second kappa shape index (κ2) is 5.04. The van der Waals surface area contributed by atoms with Crippen molar-refractivity contribution in [1.82, 2.24) is 0 Å². The lowest BCUT2D eigenvalue weighted by Gasteiger charge is -2.37. The van der Waals surface area contributed by atoms with Crippen molar-refractivity contribution in [2.45, 2.75) is 18.8 Å². The molecule has 0 aromatic heterocycles. The topological polar surface area (TPSA) is 105 Å². The summed E-state index contributed by atoms with van der Waals surface area (Å²) in [7, 11) is 1.36. The molecule has 0 amide bonds. The quantitative estimate of drug-likeness (QED) is 0.734. The van der Waals surface area contributed by atoms with Crippen molar-refractivity contribution in [3.63, 3.8) is 0 Å². The third-order valence-corrected chi connectivity index (χ3v) is 4.30. The van der Waals surface area contributed by atoms with Crippen LogP contribution in [0, 0.1) is 0 Å². The van der Waals surface area contributed by atoms with Gasteiger partial charge in [-0.15, -0.1) is 0 Å². The van der Waals surface area contributed by atoms with E-state index in [1.807, 2.05) is 0 Å². The highest BCUT2D eigenvalue weighted by Crippen LogP contribution is 2.49. The van der Waals surface area contributed by atoms with E-state index in [1.54, 1.807) is 0 Å². The number of carbonyl (C=O) groups excluding carboxylic acids is 1. The van der Waals surface area contributed by atoms with Gasteiger partial charge in [0.2, 0.25) is 5.75 Å². The van der Waals surface area contributed by atoms with Crippen molar-refractivity contribution in [3.8, 4) is 28.7 Å². The van der Waals surface area contributed by atoms with Crippen LogP contribution in [0.1, 0.15) is 27.6 Å². The maximum absolute atomic E-state index is 12.7. The number of ether oxygens (including phenoxy) is 3. The zero-order valence-electron chi connectivity index (χ0n) is 12.6. The maximum atomic E-state index is 12.7. The predicted octanol–water partition coefficient (Wildman–Crippen LogP) is 2.03. The minimum absolute atomic E-state index is 0.0300. The summed E-state index contributed by atoms with van der Waals surface area (Å²) >= 11 is 0. The predicted molar refractivity (Wildman–Crippen MR) is 80.7 cm³/mol. The summed E-state index contributed by atoms with van der Waals surface area (Å²) < 4.78 is 16.6. The first kappa shape index (κ1) is 14.6. The van der Waals surface area contributed by atoms with Crippen LogP contribution in [-0.2, 0) is 11.3 Å². The molecule has 0 aliphatic carbocycles. The zero-order chi connectivity index (χ0) is 17.0. The summed E-state index contributed by atoms with van der Waals surface area (Å²) in [5.74, 6) is -0.574. The Morgan fingerprint density at radius 1 is 1.12 bits per heavy atom. The average Bonchev–Trinajstić information content (AvgIpc) is 2.55. The van der Waals surface area contributed by atoms with Gasteiger partial charge in [-0.05, 0) is 18.2 Å². The van der Waals surface area contributed by atoms with Crippen LogP contribution in [0.15, 0.2) is 24.3 Å². The Hall–Kier alpha value is -2.93. The molecule has 7 heteroatoms. The van der Waals surface area contributed by atoms with Crippen molar-refractivity contribution < 1.29 is 34.3 Å². The Morgan fingerprint density at radius 3 is 2.67 bits per heavy atom. The fourth-order valence-corrected chi connectivity index (χ4v) is 3.18. The highest BCUT2D eigenvalue weighted by Gasteiger charge is 2.45. The standard InChI is InChI=1S/C17H14O7/c1-22-16-11(19)3-2-8-13(21)17-15(24-14(8)16)9-4-7(18)5-12(20)10(9)6-23-17/h2-5,15,17-20H,6H2,1H3/t15-,17+/m1/s1. The number of rotatable bonds is 1. The van der Waals surface area contributed by atoms with Gasteiger partial charge in [-0.25, -0.2) is 0 Å². The Bertz CT molecular complexity index is 859. The van der Waals surface area contributed by atoms with E-state index in [2.05, 4.69) is 0 Å². The molecule has 0 unspecified atom stereocenters. The van der Waals surface area contributed by atoms with Gasteiger partial charge >= 0.3 is 0 Å². The lowest BCUT2D eigenvalue weighted by molar-refractivity contribution is -0.0438. The number of hydrogen-bond donors (Lipinski definition) is 3. The van der Waals surface area contributed by atoms with Crippen LogP contribution in [0.5, 0.6) is 28.7 Å². The summed E-state index contributed by atoms with van der Waals surface area (Å²) in [6.45, 7) is 0.0300. The van der Waals surface area contributed by atoms with E-state index in [0.29, 0.717) is 11.1 Å². The summed E-state index contributed by atoms with van der Waals surface area (Å²) in [6, 6.07) is 5.44. The van der Waals surface area contributed by atoms with Gasteiger partial charge in [0.15, 0.2) is 29.5 Å². The van der Waals surface area contributed by atoms with Crippen LogP contribution >= 0.6 is 0 Å². The number of phenols is 3. The minimum atomic E-state index is -0.902. The van der Waals surface area contributed by atoms with Crippen LogP contribution in [0.3, 0.4) is 0 Å². The number of aromatic hydroxyl groups is 3. The van der Waals surface area contributed by atoms with Crippen molar-refractivity contribution in [2.75, 3.05) is 7.11 Å². The molecule has 2 aliphatic heterocycles. The van der Waals surface area contributed by atoms with Gasteiger partial charge in [-0.2, -0.15) is 0 Å². The highest BCUT2D eigenvalue weighted by molar-refractivity contribution is 6.04. The largest absolute Gasteiger partial charge is 0.508 e. The summed E-state index contributed by atoms with van der Waals surface area (Å²) in [4.78, 5) is 12.7. The first-order chi connectivity index (χ1) is 11.5. The van der Waals surface area contributed by atoms with E-state index in [0.717, 1.165) is 0 Å². The second-order valence-electron chi connectivity index (χ2n) is 5.66. The molecule has 0 spiro atoms. The monoisotopic (exact) mass is 330 g/mol. The summed E-state index contributed by atoms with van der Waals surface area (Å²) in [5.41, 5.74) is 1.16. The Balaban J connectivity index is 1.90. The number of Topliss-reactive ketones (excluding diaryl/α,β-unsaturated/α-hetero) is 1. The Kier molecular flexibility index (Phi) is 3.07. The van der Waals surface area contributed by atoms with Gasteiger partial charge in [0, 0.05) is 17.2 Å². The molecule has 2 aromatic rings. The summed E-state index contributed by atoms with van der Waals surface area (Å²) in [5, 5.41) is 29.7. The third kappa shape index (κ3) is 1.91. The molecule has 2 heterocycles. The van der Waals surface area contributed by atoms with Gasteiger partial charge in [0.25, 0.3) is 0 Å². The Morgan fingerprint density at radius 2 is 1.92 bits per heavy atom. The zero-order valence-corrected chi connectivity index (χ0v) is 12.6. The first-order valence-electron chi connectivity index (χ1n) is 7.28. The molecule has 4 rings (SSSR count). The first-order valence-corrected chi connectivity index (χ1v) is 7.28. The highest BCUT2D eigenvalue weighted by atomic mass is 16.6. The molecule has 0 radical (unpaired) electrons. The number of fused-ring (bicyclic) bond motifs is 4. The smallest absolute Gasteiger partial charge is 0.203 e. The molecule has 2 aliphatic rings. The molecule has 3 N–H and O–H groups in total. The fraction of sp³-hybridized carbons (Fsp3) is 0.235. The Labute approximate surface area is 136 Å². The van der Waals surface area contributed by atoms with Crippen LogP contribution in [-0.4, -0.2) is 34.3 Å². The van der Waals surface area contributed by atoms with Crippen LogP contribution in [0.25, 0.3) is 0 Å². The SMILES string of the molecule is COc1c(O)ccc2c1O[C@@H]1c3cc(O)cc(O)c3CO[C@H]1C2=O. The number of methoxy groups -OCH3 is 1. The van der Waals surface area contributed by atoms with Gasteiger partial charge in [-0.1, -0.05) is 0 Å². The maximum Gasteiger partial charge on any atom is 0.203 e. The van der Waals surface area contributed by atoms with Gasteiger partial charge in [0.05, 0.1) is 19.3 Å². The fourth-order valence-electron chi connectivity index (χ4n) is 3.18. The number of hydrogen-bond acceptors (Lipinski definition) is 7. The van der Waals surface area contributed by atoms with Crippen LogP contribution < -0.4 is 9.47 Å². The van der Waals surface area contributed by atoms with Crippen LogP contribution in [0.2, 0.25) is 0 Å². The number of benzene rings is 2. The molecule has 0 fully saturated rings. The number of ketones is 1. The molecule has 0 saturated carbocycles. The molecule has 0 saturated heterocycles. The van der Waals surface area contributed by atoms with Crippen molar-refractivity contribution >= 4 is 5.78 Å². The van der Waals surface area contributed by atoms with E-state index in [4.69, 9.17) is 14.2 Å². The molecular weight excluding hydrogens is 316 g/mol. The van der Waals surface area contributed by atoms with Gasteiger partial charge in [-0.3, -0.25) is 4.79 Å². The lowest BCUT2D eigenvalue weighted by atomic mass is 9.88. The minimum Gasteiger partial charge on any atom is -0.508 e. The lowest BCUT2D eigenvalue weighted by Crippen LogP contribution is -2.41. The molecule has 2 atom stereocenters. The normalized spacial score (nSPS) is 21.3. The molecule has 2 aromatic carbocycles. The van der Waals surface area contributed by atoms with Gasteiger partial charge < -0.3 is 29.5 Å². The van der Waals surface area contributed by atoms with Crippen molar-refractivity contribution in [3.05, 3.63) is 41.0 Å². The molecular formula is C17H14O7. The average molecular weight is 330 g/mol. The van der Waals surface area contributed by atoms with Crippen molar-refractivity contribution in [1.29, 1.82) is 0 Å². The number of carbonyl (C=O) groups is 1. The third-order valence-electron chi connectivity index (χ3n) is 4.30. The van der Waals surface area contributed by atoms with E-state index < -0.39 is 12.2 Å². The summed E-state index contributed by atoms with van der Waals surface area (Å²) in [6.07, 6.45) is -1.76. The van der Waals surface area contributed by atoms with Crippen LogP contribution in [0.4, 0.5) is 0 Å². The molecule has 124 valence electrons. The van der Waals surface area contributed by atoms with E-state index in [9.17, 15) is 20.1 Å². The van der Waals surface area contributed by atoms with E-state index in [-0.39, 0.29) is 46.7 Å². The van der Waals surface area contributed by atoms with Crippen molar-refractivity contribution in [2.24, 2.45) is 0 Å².